The SMILES string of the molecule is Cc1cc(Br)c(N)cc1S(=O)(=O)Nc1ccccc1. The fraction of sp³-hybridized carbons (Fsp3) is 0.0769. The Hall–Kier alpha value is -1.53. The van der Waals surface area contributed by atoms with Crippen LogP contribution in [0.5, 0.6) is 0 Å². The van der Waals surface area contributed by atoms with E-state index < -0.39 is 10.0 Å². The summed E-state index contributed by atoms with van der Waals surface area (Å²) in [5, 5.41) is 0. The molecule has 2 aromatic rings. The van der Waals surface area contributed by atoms with Crippen molar-refractivity contribution in [2.24, 2.45) is 0 Å². The number of anilines is 2. The molecule has 2 aromatic carbocycles. The molecule has 0 unspecified atom stereocenters. The van der Waals surface area contributed by atoms with Gasteiger partial charge in [0.05, 0.1) is 4.90 Å². The van der Waals surface area contributed by atoms with Crippen molar-refractivity contribution in [1.29, 1.82) is 0 Å². The molecule has 0 spiro atoms. The minimum atomic E-state index is -3.63. The van der Waals surface area contributed by atoms with Crippen LogP contribution in [0.2, 0.25) is 0 Å². The zero-order valence-electron chi connectivity index (χ0n) is 10.2. The Labute approximate surface area is 120 Å². The number of aryl methyl sites for hydroxylation is 1. The lowest BCUT2D eigenvalue weighted by Gasteiger charge is -2.11. The summed E-state index contributed by atoms with van der Waals surface area (Å²) in [5.41, 5.74) is 7.27. The molecule has 0 aliphatic rings. The molecule has 0 atom stereocenters. The highest BCUT2D eigenvalue weighted by atomic mass is 79.9. The third-order valence-electron chi connectivity index (χ3n) is 2.61. The van der Waals surface area contributed by atoms with Gasteiger partial charge in [0.2, 0.25) is 0 Å². The minimum absolute atomic E-state index is 0.178. The Balaban J connectivity index is 2.43. The zero-order valence-corrected chi connectivity index (χ0v) is 12.6. The first-order chi connectivity index (χ1) is 8.90. The van der Waals surface area contributed by atoms with Crippen molar-refractivity contribution in [3.05, 3.63) is 52.5 Å². The Bertz CT molecular complexity index is 700. The summed E-state index contributed by atoms with van der Waals surface area (Å²) in [6.07, 6.45) is 0. The highest BCUT2D eigenvalue weighted by Gasteiger charge is 2.18. The van der Waals surface area contributed by atoms with Crippen molar-refractivity contribution < 1.29 is 8.42 Å². The van der Waals surface area contributed by atoms with Crippen molar-refractivity contribution in [2.75, 3.05) is 10.5 Å². The number of rotatable bonds is 3. The van der Waals surface area contributed by atoms with Crippen molar-refractivity contribution in [3.8, 4) is 0 Å². The van der Waals surface area contributed by atoms with E-state index in [0.29, 0.717) is 21.4 Å². The predicted octanol–water partition coefficient (Wildman–Crippen LogP) is 3.14. The predicted molar refractivity (Wildman–Crippen MR) is 80.5 cm³/mol. The number of sulfonamides is 1. The lowest BCUT2D eigenvalue weighted by atomic mass is 10.2. The molecule has 0 radical (unpaired) electrons. The average Bonchev–Trinajstić information content (AvgIpc) is 2.34. The molecule has 4 nitrogen and oxygen atoms in total. The third kappa shape index (κ3) is 3.08. The molecule has 0 fully saturated rings. The molecule has 0 amide bonds. The van der Waals surface area contributed by atoms with Gasteiger partial charge in [0.15, 0.2) is 0 Å². The number of nitrogens with one attached hydrogen (secondary N) is 1. The van der Waals surface area contributed by atoms with E-state index in [-0.39, 0.29) is 4.90 Å². The highest BCUT2D eigenvalue weighted by Crippen LogP contribution is 2.27. The maximum atomic E-state index is 12.3. The molecule has 0 aromatic heterocycles. The second-order valence-electron chi connectivity index (χ2n) is 4.11. The number of nitrogens with two attached hydrogens (primary N) is 1. The van der Waals surface area contributed by atoms with Gasteiger partial charge in [-0.3, -0.25) is 4.72 Å². The Morgan fingerprint density at radius 3 is 2.42 bits per heavy atom. The number of hydrogen-bond acceptors (Lipinski definition) is 3. The van der Waals surface area contributed by atoms with E-state index in [1.807, 2.05) is 6.07 Å². The van der Waals surface area contributed by atoms with Crippen molar-refractivity contribution in [3.63, 3.8) is 0 Å². The van der Waals surface area contributed by atoms with Crippen molar-refractivity contribution in [2.45, 2.75) is 11.8 Å². The van der Waals surface area contributed by atoms with Gasteiger partial charge >= 0.3 is 0 Å². The first-order valence-corrected chi connectivity index (χ1v) is 7.81. The first kappa shape index (κ1) is 13.9. The molecular weight excluding hydrogens is 328 g/mol. The van der Waals surface area contributed by atoms with Crippen LogP contribution in [0.25, 0.3) is 0 Å². The first-order valence-electron chi connectivity index (χ1n) is 5.53. The summed E-state index contributed by atoms with van der Waals surface area (Å²) in [4.78, 5) is 0.178. The zero-order chi connectivity index (χ0) is 14.0. The van der Waals surface area contributed by atoms with Crippen molar-refractivity contribution >= 4 is 37.3 Å². The van der Waals surface area contributed by atoms with E-state index >= 15 is 0 Å². The fourth-order valence-electron chi connectivity index (χ4n) is 1.67. The summed E-state index contributed by atoms with van der Waals surface area (Å²) < 4.78 is 27.8. The standard InChI is InChI=1S/C13H13BrN2O2S/c1-9-7-11(14)12(15)8-13(9)19(17,18)16-10-5-3-2-4-6-10/h2-8,16H,15H2,1H3. The molecule has 2 rings (SSSR count). The van der Waals surface area contributed by atoms with Crippen LogP contribution in [-0.2, 0) is 10.0 Å². The number of hydrogen-bond donors (Lipinski definition) is 2. The van der Waals surface area contributed by atoms with E-state index in [1.54, 1.807) is 37.3 Å². The highest BCUT2D eigenvalue weighted by molar-refractivity contribution is 9.10. The number of nitrogen functional groups attached to an aromatic ring is 1. The van der Waals surface area contributed by atoms with Gasteiger partial charge in [0.1, 0.15) is 0 Å². The van der Waals surface area contributed by atoms with Crippen LogP contribution in [0.3, 0.4) is 0 Å². The second kappa shape index (κ2) is 5.22. The summed E-state index contributed by atoms with van der Waals surface area (Å²) in [7, 11) is -3.63. The van der Waals surface area contributed by atoms with Crippen molar-refractivity contribution in [1.82, 2.24) is 0 Å². The lowest BCUT2D eigenvalue weighted by molar-refractivity contribution is 0.600. The topological polar surface area (TPSA) is 72.2 Å². The van der Waals surface area contributed by atoms with E-state index in [2.05, 4.69) is 20.7 Å². The average molecular weight is 341 g/mol. The minimum Gasteiger partial charge on any atom is -0.398 e. The molecule has 0 bridgehead atoms. The summed E-state index contributed by atoms with van der Waals surface area (Å²) in [6, 6.07) is 11.9. The second-order valence-corrected chi connectivity index (χ2v) is 6.62. The molecule has 0 heterocycles. The van der Waals surface area contributed by atoms with Gasteiger partial charge in [0.25, 0.3) is 10.0 Å². The van der Waals surface area contributed by atoms with Gasteiger partial charge in [-0.15, -0.1) is 0 Å². The largest absolute Gasteiger partial charge is 0.398 e. The number of para-hydroxylation sites is 1. The van der Waals surface area contributed by atoms with Gasteiger partial charge in [-0.25, -0.2) is 8.42 Å². The smallest absolute Gasteiger partial charge is 0.262 e. The van der Waals surface area contributed by atoms with Crippen LogP contribution in [0.4, 0.5) is 11.4 Å². The van der Waals surface area contributed by atoms with Crippen LogP contribution in [0.1, 0.15) is 5.56 Å². The van der Waals surface area contributed by atoms with Crippen LogP contribution in [0, 0.1) is 6.92 Å². The van der Waals surface area contributed by atoms with E-state index in [0.717, 1.165) is 0 Å². The van der Waals surface area contributed by atoms with Gasteiger partial charge in [0, 0.05) is 15.8 Å². The van der Waals surface area contributed by atoms with Crippen LogP contribution in [-0.4, -0.2) is 8.42 Å². The van der Waals surface area contributed by atoms with E-state index in [1.165, 1.54) is 6.07 Å². The lowest BCUT2D eigenvalue weighted by Crippen LogP contribution is -2.14. The Morgan fingerprint density at radius 2 is 1.79 bits per heavy atom. The molecule has 0 aliphatic heterocycles. The van der Waals surface area contributed by atoms with Crippen LogP contribution < -0.4 is 10.5 Å². The van der Waals surface area contributed by atoms with E-state index in [4.69, 9.17) is 5.73 Å². The van der Waals surface area contributed by atoms with Crippen LogP contribution >= 0.6 is 15.9 Å². The van der Waals surface area contributed by atoms with Gasteiger partial charge < -0.3 is 5.73 Å². The Morgan fingerprint density at radius 1 is 1.16 bits per heavy atom. The van der Waals surface area contributed by atoms with E-state index in [9.17, 15) is 8.42 Å². The normalized spacial score (nSPS) is 11.3. The van der Waals surface area contributed by atoms with Gasteiger partial charge in [-0.1, -0.05) is 18.2 Å². The fourth-order valence-corrected chi connectivity index (χ4v) is 3.45. The third-order valence-corrected chi connectivity index (χ3v) is 4.82. The molecule has 19 heavy (non-hydrogen) atoms. The molecule has 0 saturated carbocycles. The van der Waals surface area contributed by atoms with Crippen LogP contribution in [0.15, 0.2) is 51.8 Å². The molecule has 6 heteroatoms. The molecular formula is C13H13BrN2O2S. The van der Waals surface area contributed by atoms with Gasteiger partial charge in [-0.05, 0) is 52.7 Å². The molecule has 3 N–H and O–H groups in total. The Kier molecular flexibility index (Phi) is 3.82. The number of halogens is 1. The summed E-state index contributed by atoms with van der Waals surface area (Å²) in [5.74, 6) is 0. The quantitative estimate of drug-likeness (QED) is 0.843. The number of benzene rings is 2. The monoisotopic (exact) mass is 340 g/mol. The maximum Gasteiger partial charge on any atom is 0.262 e. The van der Waals surface area contributed by atoms with Gasteiger partial charge in [-0.2, -0.15) is 0 Å². The maximum absolute atomic E-state index is 12.3. The summed E-state index contributed by atoms with van der Waals surface area (Å²) >= 11 is 3.27. The molecule has 100 valence electrons. The summed E-state index contributed by atoms with van der Waals surface area (Å²) in [6.45, 7) is 1.73. The molecule has 0 saturated heterocycles. The molecule has 0 aliphatic carbocycles.